The number of ether oxygens (including phenoxy) is 1. The first kappa shape index (κ1) is 43.1. The van der Waals surface area contributed by atoms with E-state index in [9.17, 15) is 28.4 Å². The Morgan fingerprint density at radius 2 is 1.62 bits per heavy atom. The second-order valence-electron chi connectivity index (χ2n) is 12.8. The van der Waals surface area contributed by atoms with E-state index in [1.54, 1.807) is 12.1 Å². The van der Waals surface area contributed by atoms with Gasteiger partial charge < -0.3 is 19.7 Å². The van der Waals surface area contributed by atoms with E-state index in [0.717, 1.165) is 48.5 Å². The van der Waals surface area contributed by atoms with Gasteiger partial charge in [-0.3, -0.25) is 23.7 Å². The summed E-state index contributed by atoms with van der Waals surface area (Å²) in [7, 11) is -4.15. The van der Waals surface area contributed by atoms with Crippen molar-refractivity contribution >= 4 is 24.4 Å². The number of benzene rings is 2. The number of aromatic nitrogens is 2. The Kier molecular flexibility index (Phi) is 18.3. The highest BCUT2D eigenvalue weighted by Gasteiger charge is 2.38. The molecule has 14 heteroatoms. The second-order valence-corrected chi connectivity index (χ2v) is 14.5. The van der Waals surface area contributed by atoms with Crippen LogP contribution in [0.2, 0.25) is 0 Å². The number of hydrogen-bond acceptors (Lipinski definition) is 8. The molecule has 4 N–H and O–H groups in total. The van der Waals surface area contributed by atoms with Gasteiger partial charge in [0.25, 0.3) is 5.56 Å². The molecule has 0 radical (unpaired) electrons. The fraction of sp³-hybridized carbons (Fsp3) is 0.390. The molecule has 1 aliphatic heterocycles. The first-order chi connectivity index (χ1) is 26.7. The van der Waals surface area contributed by atoms with Crippen molar-refractivity contribution in [2.45, 2.75) is 83.1 Å². The molecule has 4 atom stereocenters. The zero-order chi connectivity index (χ0) is 39.3. The molecule has 4 rings (SSSR count). The summed E-state index contributed by atoms with van der Waals surface area (Å²) in [4.78, 5) is 38.0. The third kappa shape index (κ3) is 14.8. The van der Waals surface area contributed by atoms with Gasteiger partial charge in [0.1, 0.15) is 18.1 Å². The first-order valence-electron chi connectivity index (χ1n) is 18.7. The molecule has 1 fully saturated rings. The molecule has 1 amide bonds. The van der Waals surface area contributed by atoms with Gasteiger partial charge in [-0.15, -0.1) is 0 Å². The van der Waals surface area contributed by atoms with Gasteiger partial charge in [-0.05, 0) is 56.4 Å². The van der Waals surface area contributed by atoms with Gasteiger partial charge in [-0.2, -0.15) is 4.39 Å². The Hall–Kier alpha value is -4.65. The summed E-state index contributed by atoms with van der Waals surface area (Å²) >= 11 is 0. The molecular weight excluding hydrogens is 726 g/mol. The molecule has 1 aromatic heterocycles. The Labute approximate surface area is 321 Å². The molecule has 0 saturated carbocycles. The van der Waals surface area contributed by atoms with Crippen molar-refractivity contribution < 1.29 is 32.6 Å². The highest BCUT2D eigenvalue weighted by atomic mass is 31.2. The van der Waals surface area contributed by atoms with E-state index in [0.29, 0.717) is 24.4 Å². The summed E-state index contributed by atoms with van der Waals surface area (Å²) in [6.45, 7) is 1.88. The van der Waals surface area contributed by atoms with Crippen LogP contribution in [0.3, 0.4) is 0 Å². The Bertz CT molecular complexity index is 1980. The zero-order valence-corrected chi connectivity index (χ0v) is 32.1. The number of aliphatic hydroxyl groups excluding tert-OH is 1. The van der Waals surface area contributed by atoms with Crippen molar-refractivity contribution in [3.8, 4) is 5.75 Å². The summed E-state index contributed by atoms with van der Waals surface area (Å²) in [5, 5.41) is 17.8. The number of aromatic amines is 1. The van der Waals surface area contributed by atoms with Gasteiger partial charge >= 0.3 is 13.4 Å². The number of carbonyl (C=O) groups excluding carboxylic acids is 1. The molecule has 296 valence electrons. The van der Waals surface area contributed by atoms with E-state index >= 15 is 0 Å². The van der Waals surface area contributed by atoms with Gasteiger partial charge in [-0.1, -0.05) is 104 Å². The largest absolute Gasteiger partial charge is 0.458 e. The third-order valence-corrected chi connectivity index (χ3v) is 10.0. The lowest BCUT2D eigenvalue weighted by atomic mass is 10.1. The van der Waals surface area contributed by atoms with Crippen LogP contribution in [0.5, 0.6) is 5.75 Å². The van der Waals surface area contributed by atoms with Gasteiger partial charge in [0.2, 0.25) is 11.7 Å². The normalized spacial score (nSPS) is 18.8. The highest BCUT2D eigenvalue weighted by molar-refractivity contribution is 7.52. The maximum Gasteiger partial charge on any atom is 0.458 e. The molecule has 55 heavy (non-hydrogen) atoms. The molecule has 1 aliphatic rings. The molecular formula is C41H52FN4O8P. The van der Waals surface area contributed by atoms with Crippen molar-refractivity contribution in [1.29, 1.82) is 0 Å². The van der Waals surface area contributed by atoms with Crippen molar-refractivity contribution in [2.75, 3.05) is 19.7 Å². The van der Waals surface area contributed by atoms with Gasteiger partial charge in [-0.25, -0.2) is 14.4 Å². The smallest absolute Gasteiger partial charge is 0.413 e. The quantitative estimate of drug-likeness (QED) is 0.0440. The van der Waals surface area contributed by atoms with Gasteiger partial charge in [0.15, 0.2) is 0 Å². The molecule has 0 spiro atoms. The lowest BCUT2D eigenvalue weighted by Gasteiger charge is -2.23. The number of aliphatic hydroxyl groups is 1. The number of H-pyrrole nitrogens is 1. The van der Waals surface area contributed by atoms with Crippen LogP contribution < -0.4 is 26.2 Å². The molecule has 1 unspecified atom stereocenters. The topological polar surface area (TPSA) is 161 Å². The summed E-state index contributed by atoms with van der Waals surface area (Å²) < 4.78 is 46.3. The number of allylic oxidation sites excluding steroid dienone is 10. The molecule has 2 heterocycles. The lowest BCUT2D eigenvalue weighted by molar-refractivity contribution is -0.121. The van der Waals surface area contributed by atoms with Crippen molar-refractivity contribution in [3.63, 3.8) is 0 Å². The monoisotopic (exact) mass is 778 g/mol. The first-order valence-corrected chi connectivity index (χ1v) is 20.3. The number of fused-ring (bicyclic) bond motifs is 1. The number of carbonyl (C=O) groups is 1. The van der Waals surface area contributed by atoms with E-state index in [4.69, 9.17) is 13.8 Å². The number of nitrogens with one attached hydrogen (secondary N) is 3. The van der Waals surface area contributed by atoms with Crippen LogP contribution in [-0.4, -0.2) is 52.5 Å². The number of halogens is 1. The van der Waals surface area contributed by atoms with Crippen LogP contribution >= 0.6 is 7.75 Å². The van der Waals surface area contributed by atoms with Crippen LogP contribution in [0.1, 0.15) is 70.9 Å². The SMILES string of the molecule is CC/C=C/C/C=C\C/C=C\C/C=C\C/C=C\CCCC(=O)NCCNP(=O)(OC[C@H]1O[C@@H](n2cc(F)c(=O)[nH]c2=O)C[C@@H]1O)Oc1cccc2ccccc12. The minimum absolute atomic E-state index is 0.0330. The maximum absolute atomic E-state index is 14.1. The second kappa shape index (κ2) is 23.3. The third-order valence-electron chi connectivity index (χ3n) is 8.50. The molecule has 3 aromatic rings. The van der Waals surface area contributed by atoms with E-state index < -0.39 is 49.9 Å². The predicted molar refractivity (Wildman–Crippen MR) is 213 cm³/mol. The zero-order valence-electron chi connectivity index (χ0n) is 31.2. The Morgan fingerprint density at radius 3 is 2.33 bits per heavy atom. The van der Waals surface area contributed by atoms with E-state index in [-0.39, 0.29) is 31.2 Å². The summed E-state index contributed by atoms with van der Waals surface area (Å²) in [5.74, 6) is -1.05. The van der Waals surface area contributed by atoms with Crippen LogP contribution in [-0.2, 0) is 18.6 Å². The number of nitrogens with zero attached hydrogens (tertiary/aromatic N) is 1. The highest BCUT2D eigenvalue weighted by Crippen LogP contribution is 2.46. The van der Waals surface area contributed by atoms with Crippen molar-refractivity contribution in [1.82, 2.24) is 20.0 Å². The lowest BCUT2D eigenvalue weighted by Crippen LogP contribution is -2.34. The van der Waals surface area contributed by atoms with E-state index in [1.807, 2.05) is 35.3 Å². The van der Waals surface area contributed by atoms with Gasteiger partial charge in [0, 0.05) is 31.3 Å². The van der Waals surface area contributed by atoms with E-state index in [2.05, 4.69) is 78.1 Å². The van der Waals surface area contributed by atoms with Crippen molar-refractivity contribution in [3.05, 3.63) is 136 Å². The summed E-state index contributed by atoms with van der Waals surface area (Å²) in [6, 6.07) is 12.6. The fourth-order valence-electron chi connectivity index (χ4n) is 5.62. The number of rotatable bonds is 23. The number of unbranched alkanes of at least 4 members (excludes halogenated alkanes) is 1. The minimum Gasteiger partial charge on any atom is -0.413 e. The van der Waals surface area contributed by atoms with Gasteiger partial charge in [0.05, 0.1) is 18.9 Å². The average molecular weight is 779 g/mol. The molecule has 1 saturated heterocycles. The van der Waals surface area contributed by atoms with Crippen molar-refractivity contribution in [2.24, 2.45) is 0 Å². The standard InChI is InChI=1S/C41H52FN4O8P/c1-2-3-4-5-6-7-8-9-10-11-12-13-14-15-16-17-18-26-38(48)43-27-28-44-55(51,54-36-25-21-23-32-22-19-20-24-33(32)36)52-31-37-35(47)29-39(53-37)46-30-34(42)40(49)45-41(46)50/h3-4,6-7,9-10,12-13,15-16,19-25,30,35,37,39,47H,2,5,8,11,14,17-18,26-29,31H2,1H3,(H,43,48)(H,44,51)(H,45,49,50)/b4-3+,7-6-,10-9-,13-12-,16-15-/t35-,37+,39+,55?/m0/s1. The Balaban J connectivity index is 1.20. The van der Waals surface area contributed by atoms with E-state index in [1.165, 1.54) is 0 Å². The number of amides is 1. The van der Waals surface area contributed by atoms with Crippen LogP contribution in [0.25, 0.3) is 10.8 Å². The molecule has 2 aromatic carbocycles. The number of hydrogen-bond donors (Lipinski definition) is 4. The maximum atomic E-state index is 14.1. The Morgan fingerprint density at radius 1 is 0.964 bits per heavy atom. The van der Waals surface area contributed by atoms with Crippen LogP contribution in [0.4, 0.5) is 4.39 Å². The molecule has 0 bridgehead atoms. The minimum atomic E-state index is -4.15. The molecule has 12 nitrogen and oxygen atoms in total. The summed E-state index contributed by atoms with van der Waals surface area (Å²) in [6.07, 6.45) is 25.2. The molecule has 0 aliphatic carbocycles. The fourth-order valence-corrected chi connectivity index (χ4v) is 6.98. The summed E-state index contributed by atoms with van der Waals surface area (Å²) in [5.41, 5.74) is -2.08. The van der Waals surface area contributed by atoms with Crippen LogP contribution in [0, 0.1) is 5.82 Å². The predicted octanol–water partition coefficient (Wildman–Crippen LogP) is 7.31. The average Bonchev–Trinajstić information content (AvgIpc) is 3.55. The van der Waals surface area contributed by atoms with Crippen LogP contribution in [0.15, 0.2) is 119 Å².